The second kappa shape index (κ2) is 5.14. The van der Waals surface area contributed by atoms with Gasteiger partial charge in [-0.2, -0.15) is 0 Å². The smallest absolute Gasteiger partial charge is 0.260 e. The zero-order valence-corrected chi connectivity index (χ0v) is 9.90. The van der Waals surface area contributed by atoms with Gasteiger partial charge in [-0.25, -0.2) is 0 Å². The summed E-state index contributed by atoms with van der Waals surface area (Å²) in [6.07, 6.45) is 2.53. The van der Waals surface area contributed by atoms with Crippen LogP contribution in [0.2, 0.25) is 0 Å². The number of nitrogens with one attached hydrogen (secondary N) is 2. The average Bonchev–Trinajstić information content (AvgIpc) is 2.78. The normalized spacial score (nSPS) is 19.6. The molecule has 1 saturated heterocycles. The molecule has 5 heteroatoms. The molecule has 0 aliphatic carbocycles. The van der Waals surface area contributed by atoms with Crippen molar-refractivity contribution >= 4 is 5.91 Å². The summed E-state index contributed by atoms with van der Waals surface area (Å²) in [5, 5.41) is 3.11. The fourth-order valence-electron chi connectivity index (χ4n) is 2.23. The summed E-state index contributed by atoms with van der Waals surface area (Å²) in [6, 6.07) is 3.25. The van der Waals surface area contributed by atoms with Crippen molar-refractivity contribution in [2.45, 2.75) is 6.42 Å². The van der Waals surface area contributed by atoms with E-state index in [0.29, 0.717) is 5.92 Å². The molecule has 0 radical (unpaired) electrons. The second-order valence-corrected chi connectivity index (χ2v) is 4.38. The monoisotopic (exact) mass is 235 g/mol. The molecule has 17 heavy (non-hydrogen) atoms. The van der Waals surface area contributed by atoms with Gasteiger partial charge in [-0.05, 0) is 38.1 Å². The maximum absolute atomic E-state index is 12.1. The van der Waals surface area contributed by atoms with Gasteiger partial charge in [0, 0.05) is 19.3 Å². The van der Waals surface area contributed by atoms with Gasteiger partial charge in [-0.1, -0.05) is 0 Å². The number of H-pyrrole nitrogens is 1. The molecule has 0 aromatic carbocycles. The molecular weight excluding hydrogens is 218 g/mol. The number of carbonyl (C=O) groups excluding carboxylic acids is 1. The minimum absolute atomic E-state index is 0.162. The molecule has 5 nitrogen and oxygen atoms in total. The molecule has 2 N–H and O–H groups in total. The molecule has 92 valence electrons. The molecule has 1 atom stereocenters. The third kappa shape index (κ3) is 2.55. The van der Waals surface area contributed by atoms with Crippen molar-refractivity contribution in [1.29, 1.82) is 0 Å². The summed E-state index contributed by atoms with van der Waals surface area (Å²) in [5.74, 6) is 0.331. The highest BCUT2D eigenvalue weighted by Crippen LogP contribution is 2.16. The van der Waals surface area contributed by atoms with Crippen molar-refractivity contribution in [3.05, 3.63) is 34.2 Å². The summed E-state index contributed by atoms with van der Waals surface area (Å²) >= 11 is 0. The maximum Gasteiger partial charge on any atom is 0.260 e. The van der Waals surface area contributed by atoms with E-state index >= 15 is 0 Å². The number of aromatic nitrogens is 1. The molecule has 1 amide bonds. The molecule has 0 spiro atoms. The predicted molar refractivity (Wildman–Crippen MR) is 65.0 cm³/mol. The lowest BCUT2D eigenvalue weighted by molar-refractivity contribution is 0.0785. The molecule has 2 rings (SSSR count). The summed E-state index contributed by atoms with van der Waals surface area (Å²) in [5.41, 5.74) is -0.0767. The molecule has 1 aliphatic heterocycles. The van der Waals surface area contributed by atoms with E-state index < -0.39 is 0 Å². The number of carbonyl (C=O) groups is 1. The van der Waals surface area contributed by atoms with Crippen LogP contribution in [0.1, 0.15) is 16.8 Å². The Labute approximate surface area is 99.8 Å². The van der Waals surface area contributed by atoms with Crippen molar-refractivity contribution in [2.75, 3.05) is 26.7 Å². The molecule has 1 aliphatic rings. The fourth-order valence-corrected chi connectivity index (χ4v) is 2.23. The van der Waals surface area contributed by atoms with E-state index in [4.69, 9.17) is 0 Å². The zero-order valence-electron chi connectivity index (χ0n) is 9.90. The number of nitrogens with zero attached hydrogens (tertiary/aromatic N) is 1. The highest BCUT2D eigenvalue weighted by atomic mass is 16.2. The summed E-state index contributed by atoms with van der Waals surface area (Å²) in [7, 11) is 1.91. The Morgan fingerprint density at radius 3 is 3.18 bits per heavy atom. The van der Waals surface area contributed by atoms with E-state index in [-0.39, 0.29) is 17.0 Å². The van der Waals surface area contributed by atoms with Gasteiger partial charge < -0.3 is 15.2 Å². The van der Waals surface area contributed by atoms with Gasteiger partial charge in [0.1, 0.15) is 5.56 Å². The van der Waals surface area contributed by atoms with Crippen LogP contribution in [0.3, 0.4) is 0 Å². The second-order valence-electron chi connectivity index (χ2n) is 4.38. The van der Waals surface area contributed by atoms with Gasteiger partial charge >= 0.3 is 0 Å². The van der Waals surface area contributed by atoms with E-state index in [1.165, 1.54) is 6.20 Å². The van der Waals surface area contributed by atoms with Crippen molar-refractivity contribution in [1.82, 2.24) is 15.2 Å². The van der Waals surface area contributed by atoms with Gasteiger partial charge in [0.05, 0.1) is 0 Å². The van der Waals surface area contributed by atoms with Crippen LogP contribution in [0.15, 0.2) is 23.1 Å². The third-order valence-corrected chi connectivity index (χ3v) is 3.11. The van der Waals surface area contributed by atoms with E-state index in [2.05, 4.69) is 10.3 Å². The fraction of sp³-hybridized carbons (Fsp3) is 0.500. The highest BCUT2D eigenvalue weighted by Gasteiger charge is 2.27. The minimum Gasteiger partial charge on any atom is -0.338 e. The molecule has 2 heterocycles. The van der Waals surface area contributed by atoms with Crippen molar-refractivity contribution < 1.29 is 4.79 Å². The van der Waals surface area contributed by atoms with Crippen molar-refractivity contribution in [2.24, 2.45) is 5.92 Å². The van der Waals surface area contributed by atoms with Gasteiger partial charge in [0.25, 0.3) is 11.5 Å². The van der Waals surface area contributed by atoms with Crippen molar-refractivity contribution in [3.8, 4) is 0 Å². The molecule has 0 bridgehead atoms. The van der Waals surface area contributed by atoms with Gasteiger partial charge in [-0.3, -0.25) is 9.59 Å². The summed E-state index contributed by atoms with van der Waals surface area (Å²) in [4.78, 5) is 27.9. The van der Waals surface area contributed by atoms with Crippen LogP contribution in [0.5, 0.6) is 0 Å². The Balaban J connectivity index is 2.07. The molecule has 1 unspecified atom stereocenters. The number of likely N-dealkylation sites (tertiary alicyclic amines) is 1. The average molecular weight is 235 g/mol. The van der Waals surface area contributed by atoms with E-state index in [1.54, 1.807) is 17.0 Å². The molecule has 1 fully saturated rings. The Morgan fingerprint density at radius 1 is 1.65 bits per heavy atom. The summed E-state index contributed by atoms with van der Waals surface area (Å²) in [6.45, 7) is 2.38. The lowest BCUT2D eigenvalue weighted by Gasteiger charge is -2.15. The van der Waals surface area contributed by atoms with E-state index in [0.717, 1.165) is 26.1 Å². The SMILES string of the molecule is CNCC1CCN(C(=O)c2ccc[nH]c2=O)C1. The van der Waals surface area contributed by atoms with Gasteiger partial charge in [0.2, 0.25) is 0 Å². The Hall–Kier alpha value is -1.62. The van der Waals surface area contributed by atoms with Crippen LogP contribution in [0.4, 0.5) is 0 Å². The topological polar surface area (TPSA) is 65.2 Å². The van der Waals surface area contributed by atoms with Gasteiger partial charge in [0.15, 0.2) is 0 Å². The largest absolute Gasteiger partial charge is 0.338 e. The number of hydrogen-bond acceptors (Lipinski definition) is 3. The number of aromatic amines is 1. The number of rotatable bonds is 3. The quantitative estimate of drug-likeness (QED) is 0.778. The number of amides is 1. The molecule has 1 aromatic heterocycles. The van der Waals surface area contributed by atoms with Crippen LogP contribution >= 0.6 is 0 Å². The summed E-state index contributed by atoms with van der Waals surface area (Å²) < 4.78 is 0. The standard InChI is InChI=1S/C12H17N3O2/c1-13-7-9-4-6-15(8-9)12(17)10-3-2-5-14-11(10)16/h2-3,5,9,13H,4,6-8H2,1H3,(H,14,16). The maximum atomic E-state index is 12.1. The van der Waals surface area contributed by atoms with E-state index in [1.807, 2.05) is 7.05 Å². The molecule has 0 saturated carbocycles. The first-order chi connectivity index (χ1) is 8.22. The number of pyridine rings is 1. The Kier molecular flexibility index (Phi) is 3.58. The predicted octanol–water partition coefficient (Wildman–Crippen LogP) is 0.0564. The highest BCUT2D eigenvalue weighted by molar-refractivity contribution is 5.93. The first-order valence-corrected chi connectivity index (χ1v) is 5.84. The lowest BCUT2D eigenvalue weighted by atomic mass is 10.1. The number of hydrogen-bond donors (Lipinski definition) is 2. The van der Waals surface area contributed by atoms with Crippen molar-refractivity contribution in [3.63, 3.8) is 0 Å². The minimum atomic E-state index is -0.311. The van der Waals surface area contributed by atoms with Crippen LogP contribution in [-0.4, -0.2) is 42.5 Å². The molecule has 1 aromatic rings. The first kappa shape index (κ1) is 11.9. The molecular formula is C12H17N3O2. The van der Waals surface area contributed by atoms with Crippen LogP contribution < -0.4 is 10.9 Å². The van der Waals surface area contributed by atoms with E-state index in [9.17, 15) is 9.59 Å². The lowest BCUT2D eigenvalue weighted by Crippen LogP contribution is -2.33. The zero-order chi connectivity index (χ0) is 12.3. The third-order valence-electron chi connectivity index (χ3n) is 3.11. The van der Waals surface area contributed by atoms with Crippen LogP contribution in [0.25, 0.3) is 0 Å². The van der Waals surface area contributed by atoms with Gasteiger partial charge in [-0.15, -0.1) is 0 Å². The van der Waals surface area contributed by atoms with Crippen LogP contribution in [-0.2, 0) is 0 Å². The first-order valence-electron chi connectivity index (χ1n) is 5.84. The van der Waals surface area contributed by atoms with Crippen LogP contribution in [0, 0.1) is 5.92 Å². The Morgan fingerprint density at radius 2 is 2.47 bits per heavy atom. The Bertz CT molecular complexity index is 455.